The van der Waals surface area contributed by atoms with Crippen molar-refractivity contribution in [2.75, 3.05) is 13.2 Å². The van der Waals surface area contributed by atoms with Crippen LogP contribution in [0.15, 0.2) is 48.5 Å². The predicted molar refractivity (Wildman–Crippen MR) is 95.2 cm³/mol. The van der Waals surface area contributed by atoms with Gasteiger partial charge in [-0.25, -0.2) is 4.39 Å². The zero-order valence-electron chi connectivity index (χ0n) is 14.4. The molecule has 6 heteroatoms. The number of carbonyl (C=O) groups is 2. The molecule has 0 aromatic heterocycles. The quantitative estimate of drug-likeness (QED) is 0.895. The van der Waals surface area contributed by atoms with Crippen LogP contribution in [-0.2, 0) is 4.79 Å². The highest BCUT2D eigenvalue weighted by molar-refractivity contribution is 5.95. The molecule has 2 aromatic carbocycles. The summed E-state index contributed by atoms with van der Waals surface area (Å²) in [7, 11) is 0. The summed E-state index contributed by atoms with van der Waals surface area (Å²) >= 11 is 0. The van der Waals surface area contributed by atoms with Gasteiger partial charge in [0, 0.05) is 12.1 Å². The van der Waals surface area contributed by atoms with Gasteiger partial charge in [0.05, 0.1) is 6.04 Å². The second-order valence-corrected chi connectivity index (χ2v) is 6.34. The predicted octanol–water partition coefficient (Wildman–Crippen LogP) is 3.06. The minimum atomic E-state index is -0.575. The van der Waals surface area contributed by atoms with Crippen LogP contribution in [0.4, 0.5) is 4.39 Å². The van der Waals surface area contributed by atoms with Gasteiger partial charge in [0.25, 0.3) is 11.8 Å². The molecule has 1 aliphatic rings. The summed E-state index contributed by atoms with van der Waals surface area (Å²) < 4.78 is 18.5. The zero-order valence-corrected chi connectivity index (χ0v) is 14.4. The summed E-state index contributed by atoms with van der Waals surface area (Å²) in [5.41, 5.74) is 6.50. The van der Waals surface area contributed by atoms with Crippen LogP contribution < -0.4 is 10.5 Å². The zero-order chi connectivity index (χ0) is 18.5. The lowest BCUT2D eigenvalue weighted by atomic mass is 9.94. The second-order valence-electron chi connectivity index (χ2n) is 6.34. The van der Waals surface area contributed by atoms with Gasteiger partial charge in [0.2, 0.25) is 0 Å². The number of nitrogens with two attached hydrogens (primary N) is 1. The number of likely N-dealkylation sites (tertiary alicyclic amines) is 1. The van der Waals surface area contributed by atoms with Crippen molar-refractivity contribution < 1.29 is 18.7 Å². The summed E-state index contributed by atoms with van der Waals surface area (Å²) in [5, 5.41) is 0. The molecule has 0 spiro atoms. The first-order valence-electron chi connectivity index (χ1n) is 8.62. The van der Waals surface area contributed by atoms with E-state index in [1.807, 2.05) is 4.90 Å². The highest BCUT2D eigenvalue weighted by atomic mass is 19.1. The Morgan fingerprint density at radius 3 is 2.65 bits per heavy atom. The maximum absolute atomic E-state index is 13.2. The van der Waals surface area contributed by atoms with E-state index >= 15 is 0 Å². The van der Waals surface area contributed by atoms with Crippen LogP contribution in [-0.4, -0.2) is 29.9 Å². The first-order chi connectivity index (χ1) is 12.5. The first kappa shape index (κ1) is 17.9. The number of ether oxygens (including phenoxy) is 1. The first-order valence-corrected chi connectivity index (χ1v) is 8.62. The molecule has 1 aliphatic heterocycles. The van der Waals surface area contributed by atoms with Crippen LogP contribution in [0, 0.1) is 5.82 Å². The van der Waals surface area contributed by atoms with Crippen LogP contribution in [0.3, 0.4) is 0 Å². The molecule has 2 amide bonds. The Balaban J connectivity index is 1.81. The Morgan fingerprint density at radius 1 is 1.15 bits per heavy atom. The smallest absolute Gasteiger partial charge is 0.255 e. The van der Waals surface area contributed by atoms with Crippen LogP contribution in [0.25, 0.3) is 0 Å². The number of nitrogens with zero attached hydrogens (tertiary/aromatic N) is 1. The molecular weight excluding hydrogens is 335 g/mol. The molecule has 0 bridgehead atoms. The number of hydrogen-bond donors (Lipinski definition) is 1. The van der Waals surface area contributed by atoms with Gasteiger partial charge in [-0.15, -0.1) is 0 Å². The van der Waals surface area contributed by atoms with E-state index < -0.39 is 5.91 Å². The molecule has 1 saturated heterocycles. The molecule has 0 unspecified atom stereocenters. The Labute approximate surface area is 151 Å². The highest BCUT2D eigenvalue weighted by Gasteiger charge is 2.28. The number of carbonyl (C=O) groups excluding carboxylic acids is 2. The average Bonchev–Trinajstić information content (AvgIpc) is 2.67. The van der Waals surface area contributed by atoms with E-state index in [0.29, 0.717) is 17.9 Å². The highest BCUT2D eigenvalue weighted by Crippen LogP contribution is 2.32. The molecule has 0 aliphatic carbocycles. The number of rotatable bonds is 5. The molecule has 1 heterocycles. The van der Waals surface area contributed by atoms with Crippen LogP contribution >= 0.6 is 0 Å². The van der Waals surface area contributed by atoms with Crippen molar-refractivity contribution in [1.29, 1.82) is 0 Å². The van der Waals surface area contributed by atoms with E-state index in [0.717, 1.165) is 24.8 Å². The van der Waals surface area contributed by atoms with E-state index in [1.165, 1.54) is 12.1 Å². The Kier molecular flexibility index (Phi) is 5.51. The largest absolute Gasteiger partial charge is 0.484 e. The monoisotopic (exact) mass is 356 g/mol. The fraction of sp³-hybridized carbons (Fsp3) is 0.300. The molecule has 1 fully saturated rings. The molecule has 0 radical (unpaired) electrons. The van der Waals surface area contributed by atoms with Gasteiger partial charge >= 0.3 is 0 Å². The second kappa shape index (κ2) is 7.99. The summed E-state index contributed by atoms with van der Waals surface area (Å²) in [4.78, 5) is 25.7. The van der Waals surface area contributed by atoms with E-state index in [-0.39, 0.29) is 24.4 Å². The maximum Gasteiger partial charge on any atom is 0.255 e. The lowest BCUT2D eigenvalue weighted by Crippen LogP contribution is -2.38. The summed E-state index contributed by atoms with van der Waals surface area (Å²) in [5.74, 6) is -0.551. The Morgan fingerprint density at radius 2 is 1.92 bits per heavy atom. The molecule has 26 heavy (non-hydrogen) atoms. The van der Waals surface area contributed by atoms with E-state index in [9.17, 15) is 14.0 Å². The van der Waals surface area contributed by atoms with Gasteiger partial charge < -0.3 is 15.4 Å². The third-order valence-electron chi connectivity index (χ3n) is 4.48. The number of hydrogen-bond acceptors (Lipinski definition) is 3. The van der Waals surface area contributed by atoms with Gasteiger partial charge in [-0.2, -0.15) is 0 Å². The number of amides is 2. The van der Waals surface area contributed by atoms with Gasteiger partial charge in [0.1, 0.15) is 11.6 Å². The molecule has 5 nitrogen and oxygen atoms in total. The van der Waals surface area contributed by atoms with Crippen LogP contribution in [0.1, 0.15) is 41.2 Å². The van der Waals surface area contributed by atoms with E-state index in [2.05, 4.69) is 0 Å². The van der Waals surface area contributed by atoms with Crippen molar-refractivity contribution in [3.05, 3.63) is 65.5 Å². The van der Waals surface area contributed by atoms with Gasteiger partial charge in [-0.3, -0.25) is 9.59 Å². The minimum absolute atomic E-state index is 0.0768. The molecule has 1 atom stereocenters. The maximum atomic E-state index is 13.2. The Bertz CT molecular complexity index is 792. The van der Waals surface area contributed by atoms with Crippen molar-refractivity contribution in [3.63, 3.8) is 0 Å². The molecule has 2 aromatic rings. The fourth-order valence-electron chi connectivity index (χ4n) is 3.25. The van der Waals surface area contributed by atoms with Crippen molar-refractivity contribution >= 4 is 11.8 Å². The number of benzene rings is 2. The molecule has 3 rings (SSSR count). The fourth-order valence-corrected chi connectivity index (χ4v) is 3.25. The van der Waals surface area contributed by atoms with Gasteiger partial charge in [0.15, 0.2) is 6.61 Å². The standard InChI is InChI=1S/C20H21FN2O3/c21-16-9-7-14(8-10-16)18-6-1-2-11-23(18)20(25)15-4-3-5-17(12-15)26-13-19(22)24/h3-5,7-10,12,18H,1-2,6,11,13H2,(H2,22,24)/t18-/m1/s1. The number of halogens is 1. The summed E-state index contributed by atoms with van der Waals surface area (Å²) in [6, 6.07) is 12.9. The lowest BCUT2D eigenvalue weighted by Gasteiger charge is -2.36. The lowest BCUT2D eigenvalue weighted by molar-refractivity contribution is -0.119. The van der Waals surface area contributed by atoms with Crippen LogP contribution in [0.5, 0.6) is 5.75 Å². The molecule has 2 N–H and O–H groups in total. The average molecular weight is 356 g/mol. The van der Waals surface area contributed by atoms with Crippen molar-refractivity contribution in [2.24, 2.45) is 5.73 Å². The summed E-state index contributed by atoms with van der Waals surface area (Å²) in [6.45, 7) is 0.410. The van der Waals surface area contributed by atoms with Gasteiger partial charge in [-0.1, -0.05) is 18.2 Å². The van der Waals surface area contributed by atoms with Crippen molar-refractivity contribution in [3.8, 4) is 5.75 Å². The molecule has 136 valence electrons. The molecule has 0 saturated carbocycles. The van der Waals surface area contributed by atoms with Crippen LogP contribution in [0.2, 0.25) is 0 Å². The van der Waals surface area contributed by atoms with Gasteiger partial charge in [-0.05, 0) is 55.2 Å². The number of piperidine rings is 1. The van der Waals surface area contributed by atoms with E-state index in [4.69, 9.17) is 10.5 Å². The topological polar surface area (TPSA) is 72.6 Å². The number of primary amides is 1. The normalized spacial score (nSPS) is 17.0. The SMILES string of the molecule is NC(=O)COc1cccc(C(=O)N2CCCC[C@@H]2c2ccc(F)cc2)c1. The molecular formula is C20H21FN2O3. The van der Waals surface area contributed by atoms with E-state index in [1.54, 1.807) is 36.4 Å². The third kappa shape index (κ3) is 4.20. The van der Waals surface area contributed by atoms with Crippen molar-refractivity contribution in [2.45, 2.75) is 25.3 Å². The Hall–Kier alpha value is -2.89. The minimum Gasteiger partial charge on any atom is -0.484 e. The third-order valence-corrected chi connectivity index (χ3v) is 4.48. The summed E-state index contributed by atoms with van der Waals surface area (Å²) in [6.07, 6.45) is 2.80. The van der Waals surface area contributed by atoms with Crippen molar-refractivity contribution in [1.82, 2.24) is 4.90 Å².